The third-order valence-electron chi connectivity index (χ3n) is 6.65. The SMILES string of the molecule is COc1ccc([C@H]2CC[C@@H](Nc3cc(-c4cnn(C)c4)cn(CC(C)C)c3=O)CC2)cc1OC. The first-order valence-corrected chi connectivity index (χ1v) is 12.1. The van der Waals surface area contributed by atoms with Crippen LogP contribution >= 0.6 is 0 Å². The largest absolute Gasteiger partial charge is 0.493 e. The summed E-state index contributed by atoms with van der Waals surface area (Å²) in [5, 5.41) is 7.89. The van der Waals surface area contributed by atoms with Crippen molar-refractivity contribution >= 4 is 5.69 Å². The van der Waals surface area contributed by atoms with E-state index in [0.717, 1.165) is 48.3 Å². The monoisotopic (exact) mass is 464 g/mol. The van der Waals surface area contributed by atoms with Crippen molar-refractivity contribution in [2.75, 3.05) is 19.5 Å². The van der Waals surface area contributed by atoms with E-state index in [2.05, 4.69) is 36.4 Å². The molecule has 1 fully saturated rings. The number of aromatic nitrogens is 3. The number of anilines is 1. The molecule has 1 saturated carbocycles. The van der Waals surface area contributed by atoms with E-state index >= 15 is 0 Å². The Morgan fingerprint density at radius 1 is 1.03 bits per heavy atom. The molecule has 7 heteroatoms. The molecule has 3 aromatic rings. The smallest absolute Gasteiger partial charge is 0.273 e. The Labute approximate surface area is 201 Å². The van der Waals surface area contributed by atoms with Gasteiger partial charge in [0.15, 0.2) is 11.5 Å². The summed E-state index contributed by atoms with van der Waals surface area (Å²) in [7, 11) is 5.24. The van der Waals surface area contributed by atoms with E-state index in [4.69, 9.17) is 9.47 Å². The van der Waals surface area contributed by atoms with E-state index < -0.39 is 0 Å². The Hall–Kier alpha value is -3.22. The van der Waals surface area contributed by atoms with Crippen LogP contribution in [0, 0.1) is 5.92 Å². The van der Waals surface area contributed by atoms with Gasteiger partial charge in [0.05, 0.1) is 20.4 Å². The number of aryl methyl sites for hydroxylation is 1. The second-order valence-corrected chi connectivity index (χ2v) is 9.70. The van der Waals surface area contributed by atoms with E-state index in [1.165, 1.54) is 5.56 Å². The zero-order valence-electron chi connectivity index (χ0n) is 20.9. The van der Waals surface area contributed by atoms with E-state index in [1.807, 2.05) is 42.3 Å². The Kier molecular flexibility index (Phi) is 7.29. The summed E-state index contributed by atoms with van der Waals surface area (Å²) < 4.78 is 14.5. The van der Waals surface area contributed by atoms with Crippen LogP contribution in [0.1, 0.15) is 51.0 Å². The predicted octanol–water partition coefficient (Wildman–Crippen LogP) is 5.06. The van der Waals surface area contributed by atoms with Crippen molar-refractivity contribution < 1.29 is 9.47 Å². The van der Waals surface area contributed by atoms with Gasteiger partial charge in [0.2, 0.25) is 0 Å². The summed E-state index contributed by atoms with van der Waals surface area (Å²) in [5.74, 6) is 2.40. The number of benzene rings is 1. The van der Waals surface area contributed by atoms with Crippen LogP contribution in [0.25, 0.3) is 11.1 Å². The standard InChI is InChI=1S/C27H36N4O3/c1-18(2)15-31-17-21(22-14-28-30(3)16-22)12-24(27(31)32)29-23-9-6-19(7-10-23)20-8-11-25(33-4)26(13-20)34-5/h8,11-14,16-19,23,29H,6-7,9-10,15H2,1-5H3/t19-,23+. The summed E-state index contributed by atoms with van der Waals surface area (Å²) in [4.78, 5) is 13.2. The minimum Gasteiger partial charge on any atom is -0.493 e. The van der Waals surface area contributed by atoms with Gasteiger partial charge in [-0.15, -0.1) is 0 Å². The lowest BCUT2D eigenvalue weighted by molar-refractivity contribution is 0.352. The van der Waals surface area contributed by atoms with Gasteiger partial charge < -0.3 is 19.4 Å². The molecule has 0 amide bonds. The van der Waals surface area contributed by atoms with Crippen LogP contribution < -0.4 is 20.3 Å². The quantitative estimate of drug-likeness (QED) is 0.505. The van der Waals surface area contributed by atoms with Gasteiger partial charge in [0.25, 0.3) is 5.56 Å². The minimum absolute atomic E-state index is 0.0448. The molecule has 2 heterocycles. The van der Waals surface area contributed by atoms with Crippen molar-refractivity contribution in [2.24, 2.45) is 13.0 Å². The van der Waals surface area contributed by atoms with E-state index in [0.29, 0.717) is 24.1 Å². The molecule has 0 unspecified atom stereocenters. The first-order valence-electron chi connectivity index (χ1n) is 12.1. The summed E-state index contributed by atoms with van der Waals surface area (Å²) in [6.45, 7) is 4.95. The maximum atomic E-state index is 13.2. The number of ether oxygens (including phenoxy) is 2. The Morgan fingerprint density at radius 2 is 1.76 bits per heavy atom. The van der Waals surface area contributed by atoms with Crippen LogP contribution in [0.2, 0.25) is 0 Å². The van der Waals surface area contributed by atoms with Gasteiger partial charge in [0, 0.05) is 43.2 Å². The Balaban J connectivity index is 1.50. The predicted molar refractivity (Wildman–Crippen MR) is 136 cm³/mol. The van der Waals surface area contributed by atoms with Crippen LogP contribution in [-0.4, -0.2) is 34.6 Å². The fraction of sp³-hybridized carbons (Fsp3) is 0.481. The highest BCUT2D eigenvalue weighted by molar-refractivity contribution is 5.65. The number of rotatable bonds is 8. The fourth-order valence-electron chi connectivity index (χ4n) is 4.89. The molecule has 0 spiro atoms. The van der Waals surface area contributed by atoms with Gasteiger partial charge in [-0.3, -0.25) is 9.48 Å². The molecule has 34 heavy (non-hydrogen) atoms. The number of nitrogens with one attached hydrogen (secondary N) is 1. The average Bonchev–Trinajstić information content (AvgIpc) is 3.27. The number of methoxy groups -OCH3 is 2. The molecule has 4 rings (SSSR count). The molecule has 7 nitrogen and oxygen atoms in total. The summed E-state index contributed by atoms with van der Waals surface area (Å²) in [6, 6.07) is 8.48. The van der Waals surface area contributed by atoms with Gasteiger partial charge in [-0.25, -0.2) is 0 Å². The third kappa shape index (κ3) is 5.29. The Bertz CT molecular complexity index is 1170. The van der Waals surface area contributed by atoms with Gasteiger partial charge in [-0.1, -0.05) is 19.9 Å². The molecule has 1 N–H and O–H groups in total. The zero-order chi connectivity index (χ0) is 24.2. The average molecular weight is 465 g/mol. The van der Waals surface area contributed by atoms with Crippen LogP contribution in [-0.2, 0) is 13.6 Å². The molecule has 0 aliphatic heterocycles. The van der Waals surface area contributed by atoms with Crippen LogP contribution in [0.5, 0.6) is 11.5 Å². The zero-order valence-corrected chi connectivity index (χ0v) is 20.9. The van der Waals surface area contributed by atoms with Crippen LogP contribution in [0.4, 0.5) is 5.69 Å². The lowest BCUT2D eigenvalue weighted by Crippen LogP contribution is -2.31. The van der Waals surface area contributed by atoms with Gasteiger partial charge in [-0.2, -0.15) is 5.10 Å². The molecule has 1 aliphatic rings. The van der Waals surface area contributed by atoms with Crippen LogP contribution in [0.15, 0.2) is 47.7 Å². The van der Waals surface area contributed by atoms with Crippen molar-refractivity contribution in [2.45, 2.75) is 58.0 Å². The molecule has 0 saturated heterocycles. The lowest BCUT2D eigenvalue weighted by Gasteiger charge is -2.30. The van der Waals surface area contributed by atoms with E-state index in [1.54, 1.807) is 18.9 Å². The molecule has 1 aliphatic carbocycles. The fourth-order valence-corrected chi connectivity index (χ4v) is 4.89. The molecule has 0 atom stereocenters. The highest BCUT2D eigenvalue weighted by atomic mass is 16.5. The molecule has 0 radical (unpaired) electrons. The first-order chi connectivity index (χ1) is 16.4. The van der Waals surface area contributed by atoms with E-state index in [-0.39, 0.29) is 11.6 Å². The van der Waals surface area contributed by atoms with Crippen molar-refractivity contribution in [3.05, 3.63) is 58.8 Å². The summed E-state index contributed by atoms with van der Waals surface area (Å²) >= 11 is 0. The van der Waals surface area contributed by atoms with Gasteiger partial charge in [0.1, 0.15) is 5.69 Å². The lowest BCUT2D eigenvalue weighted by atomic mass is 9.81. The minimum atomic E-state index is 0.0448. The highest BCUT2D eigenvalue weighted by Crippen LogP contribution is 2.38. The maximum absolute atomic E-state index is 13.2. The third-order valence-corrected chi connectivity index (χ3v) is 6.65. The van der Waals surface area contributed by atoms with Crippen molar-refractivity contribution in [1.82, 2.24) is 14.3 Å². The second kappa shape index (κ2) is 10.4. The number of pyridine rings is 1. The van der Waals surface area contributed by atoms with Gasteiger partial charge in [-0.05, 0) is 61.3 Å². The second-order valence-electron chi connectivity index (χ2n) is 9.70. The van der Waals surface area contributed by atoms with Crippen molar-refractivity contribution in [1.29, 1.82) is 0 Å². The first kappa shape index (κ1) is 23.9. The molecule has 0 bridgehead atoms. The van der Waals surface area contributed by atoms with Crippen molar-refractivity contribution in [3.8, 4) is 22.6 Å². The summed E-state index contributed by atoms with van der Waals surface area (Å²) in [6.07, 6.45) is 9.94. The molecular weight excluding hydrogens is 428 g/mol. The molecule has 1 aromatic carbocycles. The highest BCUT2D eigenvalue weighted by Gasteiger charge is 2.24. The maximum Gasteiger partial charge on any atom is 0.273 e. The van der Waals surface area contributed by atoms with E-state index in [9.17, 15) is 4.79 Å². The number of nitrogens with zero attached hydrogens (tertiary/aromatic N) is 3. The number of hydrogen-bond acceptors (Lipinski definition) is 5. The van der Waals surface area contributed by atoms with Crippen molar-refractivity contribution in [3.63, 3.8) is 0 Å². The Morgan fingerprint density at radius 3 is 2.38 bits per heavy atom. The summed E-state index contributed by atoms with van der Waals surface area (Å²) in [5.41, 5.74) is 4.03. The molecule has 2 aromatic heterocycles. The normalized spacial score (nSPS) is 18.2. The van der Waals surface area contributed by atoms with Crippen LogP contribution in [0.3, 0.4) is 0 Å². The molecule has 182 valence electrons. The van der Waals surface area contributed by atoms with Gasteiger partial charge >= 0.3 is 0 Å². The molecular formula is C27H36N4O3. The number of hydrogen-bond donors (Lipinski definition) is 1. The topological polar surface area (TPSA) is 70.3 Å².